The van der Waals surface area contributed by atoms with Gasteiger partial charge in [0, 0.05) is 6.92 Å². The number of rotatable bonds is 5. The second-order valence-corrected chi connectivity index (χ2v) is 2.97. The van der Waals surface area contributed by atoms with Crippen molar-refractivity contribution in [2.24, 2.45) is 0 Å². The first-order valence-corrected chi connectivity index (χ1v) is 4.21. The number of aliphatic hydroxyl groups is 4. The summed E-state index contributed by atoms with van der Waals surface area (Å²) in [6.07, 6.45) is -8.50. The zero-order valence-electron chi connectivity index (χ0n) is 8.31. The zero-order chi connectivity index (χ0) is 12.9. The molecular weight excluding hydrogens is 224 g/mol. The fraction of sp³-hybridized carbons (Fsp3) is 0.625. The first-order chi connectivity index (χ1) is 7.31. The lowest BCUT2D eigenvalue weighted by Crippen LogP contribution is -2.48. The molecule has 0 bridgehead atoms. The van der Waals surface area contributed by atoms with E-state index in [1.54, 1.807) is 0 Å². The molecule has 0 radical (unpaired) electrons. The monoisotopic (exact) mass is 236 g/mol. The first-order valence-electron chi connectivity index (χ1n) is 4.21. The molecule has 0 aromatic rings. The van der Waals surface area contributed by atoms with Crippen LogP contribution in [-0.4, -0.2) is 63.1 Å². The molecule has 4 atom stereocenters. The molecule has 4 N–H and O–H groups in total. The van der Waals surface area contributed by atoms with Crippen molar-refractivity contribution in [3.05, 3.63) is 0 Å². The van der Waals surface area contributed by atoms with E-state index in [2.05, 4.69) is 4.74 Å². The van der Waals surface area contributed by atoms with Crippen molar-refractivity contribution in [1.82, 2.24) is 0 Å². The fourth-order valence-electron chi connectivity index (χ4n) is 0.811. The summed E-state index contributed by atoms with van der Waals surface area (Å²) in [7, 11) is 0. The van der Waals surface area contributed by atoms with Crippen molar-refractivity contribution in [3.63, 3.8) is 0 Å². The van der Waals surface area contributed by atoms with Gasteiger partial charge in [-0.3, -0.25) is 4.79 Å². The van der Waals surface area contributed by atoms with Crippen LogP contribution in [0.5, 0.6) is 0 Å². The molecule has 0 amide bonds. The molecule has 8 heteroatoms. The minimum absolute atomic E-state index is 0.0864. The second-order valence-electron chi connectivity index (χ2n) is 2.97. The Labute approximate surface area is 90.1 Å². The lowest BCUT2D eigenvalue weighted by molar-refractivity contribution is -0.175. The van der Waals surface area contributed by atoms with Crippen LogP contribution >= 0.6 is 0 Å². The molecule has 92 valence electrons. The van der Waals surface area contributed by atoms with Gasteiger partial charge in [-0.2, -0.15) is 0 Å². The predicted octanol–water partition coefficient (Wildman–Crippen LogP) is -3.28. The van der Waals surface area contributed by atoms with Crippen molar-refractivity contribution >= 4 is 18.2 Å². The molecule has 0 aliphatic heterocycles. The van der Waals surface area contributed by atoms with E-state index < -0.39 is 36.4 Å². The minimum Gasteiger partial charge on any atom is -0.391 e. The Morgan fingerprint density at radius 3 is 2.00 bits per heavy atom. The lowest BCUT2D eigenvalue weighted by atomic mass is 10.0. The molecule has 0 aromatic carbocycles. The molecule has 0 spiro atoms. The summed E-state index contributed by atoms with van der Waals surface area (Å²) in [4.78, 5) is 31.3. The topological polar surface area (TPSA) is 141 Å². The maximum atomic E-state index is 10.9. The number of carbonyl (C=O) groups is 3. The Morgan fingerprint density at radius 1 is 1.12 bits per heavy atom. The number of hydrogen-bond donors (Lipinski definition) is 4. The van der Waals surface area contributed by atoms with Gasteiger partial charge in [0.1, 0.15) is 18.3 Å². The molecular formula is C8H12O8. The highest BCUT2D eigenvalue weighted by Gasteiger charge is 2.35. The van der Waals surface area contributed by atoms with Gasteiger partial charge in [-0.15, -0.1) is 0 Å². The van der Waals surface area contributed by atoms with E-state index in [0.717, 1.165) is 6.92 Å². The molecule has 4 unspecified atom stereocenters. The van der Waals surface area contributed by atoms with Crippen molar-refractivity contribution in [1.29, 1.82) is 0 Å². The Morgan fingerprint density at radius 2 is 1.62 bits per heavy atom. The van der Waals surface area contributed by atoms with Crippen LogP contribution in [0.25, 0.3) is 0 Å². The maximum absolute atomic E-state index is 10.9. The van der Waals surface area contributed by atoms with Crippen LogP contribution in [0.3, 0.4) is 0 Å². The number of carbonyl (C=O) groups excluding carboxylic acids is 3. The Kier molecular flexibility index (Phi) is 5.75. The number of esters is 2. The van der Waals surface area contributed by atoms with Crippen LogP contribution in [0.1, 0.15) is 6.92 Å². The lowest BCUT2D eigenvalue weighted by Gasteiger charge is -2.22. The molecule has 0 aliphatic rings. The van der Waals surface area contributed by atoms with E-state index in [9.17, 15) is 14.4 Å². The first kappa shape index (κ1) is 14.6. The van der Waals surface area contributed by atoms with E-state index in [4.69, 9.17) is 20.4 Å². The van der Waals surface area contributed by atoms with E-state index in [-0.39, 0.29) is 6.29 Å². The van der Waals surface area contributed by atoms with Gasteiger partial charge >= 0.3 is 11.9 Å². The number of hydrogen-bond acceptors (Lipinski definition) is 8. The van der Waals surface area contributed by atoms with Gasteiger partial charge in [0.2, 0.25) is 0 Å². The van der Waals surface area contributed by atoms with Gasteiger partial charge in [0.15, 0.2) is 12.4 Å². The summed E-state index contributed by atoms with van der Waals surface area (Å²) in [6.45, 7) is 0.897. The molecule has 0 saturated carbocycles. The Balaban J connectivity index is 4.47. The highest BCUT2D eigenvalue weighted by molar-refractivity contribution is 5.87. The summed E-state index contributed by atoms with van der Waals surface area (Å²) in [5, 5.41) is 36.1. The van der Waals surface area contributed by atoms with Crippen molar-refractivity contribution in [2.45, 2.75) is 31.3 Å². The maximum Gasteiger partial charge on any atom is 0.345 e. The van der Waals surface area contributed by atoms with E-state index in [1.807, 2.05) is 0 Å². The predicted molar refractivity (Wildman–Crippen MR) is 46.9 cm³/mol. The highest BCUT2D eigenvalue weighted by atomic mass is 16.6. The van der Waals surface area contributed by atoms with Crippen LogP contribution in [0, 0.1) is 0 Å². The number of aliphatic hydroxyl groups excluding tert-OH is 4. The average Bonchev–Trinajstić information content (AvgIpc) is 2.23. The standard InChI is InChI=1S/C8H12O8/c1-3(10)16-8(15)7(14)6(13)5(12)4(11)2-9/h2,4-7,11-14H,1H3. The summed E-state index contributed by atoms with van der Waals surface area (Å²) in [6, 6.07) is 0. The van der Waals surface area contributed by atoms with E-state index in [0.29, 0.717) is 0 Å². The quantitative estimate of drug-likeness (QED) is 0.221. The molecule has 8 nitrogen and oxygen atoms in total. The van der Waals surface area contributed by atoms with Crippen LogP contribution < -0.4 is 0 Å². The average molecular weight is 236 g/mol. The molecule has 0 rings (SSSR count). The smallest absolute Gasteiger partial charge is 0.345 e. The third kappa shape index (κ3) is 4.03. The van der Waals surface area contributed by atoms with Crippen molar-refractivity contribution in [2.75, 3.05) is 0 Å². The molecule has 0 saturated heterocycles. The molecule has 0 aliphatic carbocycles. The third-order valence-corrected chi connectivity index (χ3v) is 1.65. The van der Waals surface area contributed by atoms with Crippen LogP contribution in [0.2, 0.25) is 0 Å². The van der Waals surface area contributed by atoms with Gasteiger partial charge in [-0.1, -0.05) is 0 Å². The van der Waals surface area contributed by atoms with Crippen molar-refractivity contribution in [3.8, 4) is 0 Å². The van der Waals surface area contributed by atoms with Crippen LogP contribution in [-0.2, 0) is 19.1 Å². The summed E-state index contributed by atoms with van der Waals surface area (Å²) in [5.74, 6) is -2.50. The van der Waals surface area contributed by atoms with Gasteiger partial charge < -0.3 is 30.0 Å². The Hall–Kier alpha value is -1.35. The van der Waals surface area contributed by atoms with Gasteiger partial charge in [-0.25, -0.2) is 4.79 Å². The summed E-state index contributed by atoms with van der Waals surface area (Å²) < 4.78 is 3.93. The Bertz CT molecular complexity index is 275. The largest absolute Gasteiger partial charge is 0.391 e. The second kappa shape index (κ2) is 6.28. The van der Waals surface area contributed by atoms with Gasteiger partial charge in [0.05, 0.1) is 0 Å². The molecule has 16 heavy (non-hydrogen) atoms. The number of aldehydes is 1. The summed E-state index contributed by atoms with van der Waals surface area (Å²) in [5.41, 5.74) is 0. The molecule has 0 fully saturated rings. The van der Waals surface area contributed by atoms with Crippen LogP contribution in [0.4, 0.5) is 0 Å². The van der Waals surface area contributed by atoms with E-state index in [1.165, 1.54) is 0 Å². The third-order valence-electron chi connectivity index (χ3n) is 1.65. The fourth-order valence-corrected chi connectivity index (χ4v) is 0.811. The SMILES string of the molecule is CC(=O)OC(=O)C(O)C(O)C(O)C(O)C=O. The molecule has 0 heterocycles. The highest BCUT2D eigenvalue weighted by Crippen LogP contribution is 2.05. The normalized spacial score (nSPS) is 18.1. The van der Waals surface area contributed by atoms with Gasteiger partial charge in [-0.05, 0) is 0 Å². The summed E-state index contributed by atoms with van der Waals surface area (Å²) >= 11 is 0. The van der Waals surface area contributed by atoms with Crippen LogP contribution in [0.15, 0.2) is 0 Å². The molecule has 0 aromatic heterocycles. The van der Waals surface area contributed by atoms with Crippen molar-refractivity contribution < 1.29 is 39.5 Å². The number of ether oxygens (including phenoxy) is 1. The van der Waals surface area contributed by atoms with E-state index >= 15 is 0 Å². The minimum atomic E-state index is -2.24. The van der Waals surface area contributed by atoms with Gasteiger partial charge in [0.25, 0.3) is 0 Å². The zero-order valence-corrected chi connectivity index (χ0v) is 8.31.